The number of hydrogen-bond acceptors (Lipinski definition) is 3. The largest absolute Gasteiger partial charge is 0.325 e. The highest BCUT2D eigenvalue weighted by molar-refractivity contribution is 8.00. The Morgan fingerprint density at radius 1 is 1.25 bits per heavy atom. The zero-order valence-corrected chi connectivity index (χ0v) is 13.0. The second-order valence-electron chi connectivity index (χ2n) is 5.35. The number of hydrogen-bond donors (Lipinski definition) is 0. The third-order valence-corrected chi connectivity index (χ3v) is 5.45. The lowest BCUT2D eigenvalue weighted by Gasteiger charge is -2.26. The van der Waals surface area contributed by atoms with Crippen LogP contribution in [0.4, 0.5) is 0 Å². The number of carbonyl (C=O) groups excluding carboxylic acids is 1. The van der Waals surface area contributed by atoms with Crippen LogP contribution < -0.4 is 0 Å². The molecule has 1 atom stereocenters. The molecular weight excluding hydrogens is 292 g/mol. The Morgan fingerprint density at radius 3 is 2.80 bits per heavy atom. The first-order chi connectivity index (χ1) is 9.74. The molecule has 0 radical (unpaired) electrons. The van der Waals surface area contributed by atoms with E-state index in [0.29, 0.717) is 5.75 Å². The zero-order valence-electron chi connectivity index (χ0n) is 11.4. The zero-order chi connectivity index (χ0) is 13.9. The van der Waals surface area contributed by atoms with Crippen molar-refractivity contribution in [2.24, 2.45) is 0 Å². The second kappa shape index (κ2) is 6.37. The standard InChI is InChI=1S/C15H19ClN2OS/c16-13-5-3-4-12(10-13)15-18(14(19)11-20-15)9-8-17-6-1-2-7-17/h3-5,10,15H,1-2,6-9,11H2. The summed E-state index contributed by atoms with van der Waals surface area (Å²) in [7, 11) is 0. The van der Waals surface area contributed by atoms with E-state index < -0.39 is 0 Å². The second-order valence-corrected chi connectivity index (χ2v) is 6.86. The van der Waals surface area contributed by atoms with Crippen LogP contribution in [0.25, 0.3) is 0 Å². The smallest absolute Gasteiger partial charge is 0.233 e. The van der Waals surface area contributed by atoms with Gasteiger partial charge in [-0.15, -0.1) is 11.8 Å². The van der Waals surface area contributed by atoms with Gasteiger partial charge in [0.2, 0.25) is 5.91 Å². The number of nitrogens with zero attached hydrogens (tertiary/aromatic N) is 2. The van der Waals surface area contributed by atoms with E-state index in [1.54, 1.807) is 11.8 Å². The molecular formula is C15H19ClN2OS. The number of amides is 1. The summed E-state index contributed by atoms with van der Waals surface area (Å²) in [6.07, 6.45) is 2.58. The first kappa shape index (κ1) is 14.2. The maximum Gasteiger partial charge on any atom is 0.233 e. The van der Waals surface area contributed by atoms with Crippen molar-refractivity contribution in [3.63, 3.8) is 0 Å². The van der Waals surface area contributed by atoms with Crippen LogP contribution in [0, 0.1) is 0 Å². The van der Waals surface area contributed by atoms with Gasteiger partial charge in [0.1, 0.15) is 5.37 Å². The molecule has 0 bridgehead atoms. The molecule has 0 aliphatic carbocycles. The van der Waals surface area contributed by atoms with E-state index in [0.717, 1.165) is 23.7 Å². The van der Waals surface area contributed by atoms with Crippen LogP contribution in [0.2, 0.25) is 5.02 Å². The Labute approximate surface area is 129 Å². The van der Waals surface area contributed by atoms with Gasteiger partial charge in [-0.1, -0.05) is 23.7 Å². The molecule has 20 heavy (non-hydrogen) atoms. The molecule has 1 aromatic rings. The maximum absolute atomic E-state index is 12.1. The predicted molar refractivity (Wildman–Crippen MR) is 84.0 cm³/mol. The molecule has 0 saturated carbocycles. The molecule has 1 aromatic carbocycles. The number of carbonyl (C=O) groups is 1. The number of likely N-dealkylation sites (tertiary alicyclic amines) is 1. The van der Waals surface area contributed by atoms with E-state index in [9.17, 15) is 4.79 Å². The fourth-order valence-corrected chi connectivity index (χ4v) is 4.29. The molecule has 0 aromatic heterocycles. The number of halogens is 1. The molecule has 0 spiro atoms. The molecule has 2 aliphatic heterocycles. The maximum atomic E-state index is 12.1. The average molecular weight is 311 g/mol. The molecule has 0 N–H and O–H groups in total. The summed E-state index contributed by atoms with van der Waals surface area (Å²) in [5, 5.41) is 0.866. The van der Waals surface area contributed by atoms with Crippen molar-refractivity contribution in [1.82, 2.24) is 9.80 Å². The van der Waals surface area contributed by atoms with E-state index in [2.05, 4.69) is 11.0 Å². The molecule has 1 unspecified atom stereocenters. The third-order valence-electron chi connectivity index (χ3n) is 3.96. The van der Waals surface area contributed by atoms with Crippen molar-refractivity contribution < 1.29 is 4.79 Å². The Morgan fingerprint density at radius 2 is 2.05 bits per heavy atom. The average Bonchev–Trinajstić information content (AvgIpc) is 3.06. The lowest BCUT2D eigenvalue weighted by atomic mass is 10.2. The van der Waals surface area contributed by atoms with E-state index >= 15 is 0 Å². The topological polar surface area (TPSA) is 23.6 Å². The molecule has 2 saturated heterocycles. The van der Waals surface area contributed by atoms with Gasteiger partial charge in [-0.25, -0.2) is 0 Å². The summed E-state index contributed by atoms with van der Waals surface area (Å²) in [6, 6.07) is 7.87. The van der Waals surface area contributed by atoms with Crippen LogP contribution in [0.5, 0.6) is 0 Å². The molecule has 3 nitrogen and oxygen atoms in total. The van der Waals surface area contributed by atoms with Crippen molar-refractivity contribution >= 4 is 29.3 Å². The molecule has 2 fully saturated rings. The van der Waals surface area contributed by atoms with Gasteiger partial charge in [-0.05, 0) is 43.6 Å². The van der Waals surface area contributed by atoms with Crippen LogP contribution in [-0.2, 0) is 4.79 Å². The summed E-state index contributed by atoms with van der Waals surface area (Å²) in [5.41, 5.74) is 1.13. The highest BCUT2D eigenvalue weighted by Gasteiger charge is 2.32. The van der Waals surface area contributed by atoms with Crippen molar-refractivity contribution in [3.8, 4) is 0 Å². The first-order valence-electron chi connectivity index (χ1n) is 7.13. The Balaban J connectivity index is 1.68. The van der Waals surface area contributed by atoms with Crippen molar-refractivity contribution in [1.29, 1.82) is 0 Å². The summed E-state index contributed by atoms with van der Waals surface area (Å²) < 4.78 is 0. The van der Waals surface area contributed by atoms with E-state index in [1.165, 1.54) is 25.9 Å². The number of thioether (sulfide) groups is 1. The van der Waals surface area contributed by atoms with Crippen LogP contribution in [0.3, 0.4) is 0 Å². The first-order valence-corrected chi connectivity index (χ1v) is 8.55. The van der Waals surface area contributed by atoms with Crippen LogP contribution in [0.1, 0.15) is 23.8 Å². The van der Waals surface area contributed by atoms with E-state index in [4.69, 9.17) is 11.6 Å². The van der Waals surface area contributed by atoms with E-state index in [1.807, 2.05) is 23.1 Å². The quantitative estimate of drug-likeness (QED) is 0.854. The van der Waals surface area contributed by atoms with Crippen molar-refractivity contribution in [2.75, 3.05) is 31.9 Å². The van der Waals surface area contributed by atoms with Gasteiger partial charge in [0.25, 0.3) is 0 Å². The molecule has 5 heteroatoms. The minimum atomic E-state index is 0.129. The number of rotatable bonds is 4. The molecule has 3 rings (SSSR count). The van der Waals surface area contributed by atoms with Crippen LogP contribution in [0.15, 0.2) is 24.3 Å². The lowest BCUT2D eigenvalue weighted by molar-refractivity contribution is -0.128. The van der Waals surface area contributed by atoms with Gasteiger partial charge in [0.05, 0.1) is 5.75 Å². The fourth-order valence-electron chi connectivity index (χ4n) is 2.89. The van der Waals surface area contributed by atoms with Crippen LogP contribution in [-0.4, -0.2) is 47.6 Å². The van der Waals surface area contributed by atoms with Gasteiger partial charge in [0, 0.05) is 18.1 Å². The van der Waals surface area contributed by atoms with Gasteiger partial charge in [-0.2, -0.15) is 0 Å². The minimum absolute atomic E-state index is 0.129. The summed E-state index contributed by atoms with van der Waals surface area (Å²) in [6.45, 7) is 4.17. The molecule has 1 amide bonds. The van der Waals surface area contributed by atoms with Crippen molar-refractivity contribution in [3.05, 3.63) is 34.9 Å². The summed E-state index contributed by atoms with van der Waals surface area (Å²) >= 11 is 7.77. The Hall–Kier alpha value is -0.710. The molecule has 108 valence electrons. The monoisotopic (exact) mass is 310 g/mol. The molecule has 2 heterocycles. The minimum Gasteiger partial charge on any atom is -0.325 e. The van der Waals surface area contributed by atoms with Crippen LogP contribution >= 0.6 is 23.4 Å². The Bertz CT molecular complexity index is 491. The summed E-state index contributed by atoms with van der Waals surface area (Å²) in [5.74, 6) is 0.830. The normalized spacial score (nSPS) is 23.8. The SMILES string of the molecule is O=C1CSC(c2cccc(Cl)c2)N1CCN1CCCC1. The van der Waals surface area contributed by atoms with Crippen molar-refractivity contribution in [2.45, 2.75) is 18.2 Å². The lowest BCUT2D eigenvalue weighted by Crippen LogP contribution is -2.36. The number of benzene rings is 1. The summed E-state index contributed by atoms with van der Waals surface area (Å²) in [4.78, 5) is 16.6. The van der Waals surface area contributed by atoms with Gasteiger partial charge in [0.15, 0.2) is 0 Å². The Kier molecular flexibility index (Phi) is 4.54. The predicted octanol–water partition coefficient (Wildman–Crippen LogP) is 3.01. The van der Waals surface area contributed by atoms with E-state index in [-0.39, 0.29) is 11.3 Å². The highest BCUT2D eigenvalue weighted by atomic mass is 35.5. The van der Waals surface area contributed by atoms with Gasteiger partial charge < -0.3 is 9.80 Å². The van der Waals surface area contributed by atoms with Gasteiger partial charge in [-0.3, -0.25) is 4.79 Å². The van der Waals surface area contributed by atoms with Gasteiger partial charge >= 0.3 is 0 Å². The molecule has 2 aliphatic rings. The third kappa shape index (κ3) is 3.13. The highest BCUT2D eigenvalue weighted by Crippen LogP contribution is 2.39. The fraction of sp³-hybridized carbons (Fsp3) is 0.533.